The van der Waals surface area contributed by atoms with Crippen LogP contribution in [-0.4, -0.2) is 43.1 Å². The maximum absolute atomic E-state index is 13.1. The van der Waals surface area contributed by atoms with E-state index in [-0.39, 0.29) is 12.5 Å². The second-order valence-electron chi connectivity index (χ2n) is 10.4. The van der Waals surface area contributed by atoms with E-state index in [0.717, 1.165) is 28.4 Å². The van der Waals surface area contributed by atoms with Crippen LogP contribution < -0.4 is 5.19 Å². The maximum atomic E-state index is 13.1. The molecule has 0 bridgehead atoms. The van der Waals surface area contributed by atoms with Gasteiger partial charge in [-0.1, -0.05) is 44.1 Å². The van der Waals surface area contributed by atoms with Gasteiger partial charge in [-0.2, -0.15) is 0 Å². The van der Waals surface area contributed by atoms with Gasteiger partial charge in [-0.3, -0.25) is 4.79 Å². The molecule has 172 valence electrons. The molecule has 1 aromatic carbocycles. The molecule has 0 aromatic heterocycles. The van der Waals surface area contributed by atoms with Crippen LogP contribution in [0.15, 0.2) is 0 Å². The Kier molecular flexibility index (Phi) is 7.31. The van der Waals surface area contributed by atoms with Gasteiger partial charge in [0.1, 0.15) is 0 Å². The highest BCUT2D eigenvalue weighted by Crippen LogP contribution is 2.34. The van der Waals surface area contributed by atoms with Gasteiger partial charge in [0.15, 0.2) is 6.10 Å². The molecule has 2 aliphatic rings. The average Bonchev–Trinajstić information content (AvgIpc) is 2.71. The monoisotopic (exact) mass is 445 g/mol. The minimum Gasteiger partial charge on any atom is -0.464 e. The topological polar surface area (TPSA) is 66.8 Å². The van der Waals surface area contributed by atoms with E-state index in [1.165, 1.54) is 37.7 Å². The Morgan fingerprint density at radius 3 is 2.35 bits per heavy atom. The van der Waals surface area contributed by atoms with Gasteiger partial charge in [-0.25, -0.2) is 4.79 Å². The van der Waals surface area contributed by atoms with Crippen molar-refractivity contribution in [2.75, 3.05) is 13.2 Å². The van der Waals surface area contributed by atoms with Crippen LogP contribution in [0.3, 0.4) is 0 Å². The first-order chi connectivity index (χ1) is 14.6. The molecule has 0 saturated heterocycles. The third-order valence-electron chi connectivity index (χ3n) is 7.08. The predicted molar refractivity (Wildman–Crippen MR) is 126 cm³/mol. The molecule has 3 rings (SSSR count). The number of aliphatic hydroxyl groups excluding tert-OH is 1. The molecule has 5 nitrogen and oxygen atoms in total. The lowest BCUT2D eigenvalue weighted by Gasteiger charge is -2.38. The number of benzene rings is 1. The number of fused-ring (bicyclic) bond motifs is 1. The van der Waals surface area contributed by atoms with Gasteiger partial charge in [0.2, 0.25) is 5.91 Å². The lowest BCUT2D eigenvalue weighted by Crippen LogP contribution is -2.47. The molecule has 1 saturated carbocycles. The zero-order valence-electron chi connectivity index (χ0n) is 20.1. The molecule has 1 fully saturated rings. The van der Waals surface area contributed by atoms with Crippen LogP contribution in [0, 0.1) is 19.8 Å². The van der Waals surface area contributed by atoms with Gasteiger partial charge >= 0.3 is 5.97 Å². The summed E-state index contributed by atoms with van der Waals surface area (Å²) in [6, 6.07) is 0. The molecule has 1 aliphatic heterocycles. The average molecular weight is 446 g/mol. The highest BCUT2D eigenvalue weighted by molar-refractivity contribution is 6.89. The number of rotatable bonds is 6. The van der Waals surface area contributed by atoms with Crippen LogP contribution in [0.25, 0.3) is 0 Å². The van der Waals surface area contributed by atoms with E-state index in [2.05, 4.69) is 31.5 Å². The van der Waals surface area contributed by atoms with Gasteiger partial charge in [-0.05, 0) is 67.3 Å². The Hall–Kier alpha value is -1.66. The molecule has 1 heterocycles. The molecule has 0 radical (unpaired) electrons. The second-order valence-corrected chi connectivity index (χ2v) is 15.4. The molecule has 6 heteroatoms. The van der Waals surface area contributed by atoms with Crippen LogP contribution in [-0.2, 0) is 27.3 Å². The molecule has 0 unspecified atom stereocenters. The van der Waals surface area contributed by atoms with E-state index in [1.54, 1.807) is 6.92 Å². The van der Waals surface area contributed by atoms with E-state index in [1.807, 2.05) is 6.92 Å². The quantitative estimate of drug-likeness (QED) is 0.532. The summed E-state index contributed by atoms with van der Waals surface area (Å²) in [4.78, 5) is 27.6. The first kappa shape index (κ1) is 24.0. The number of hydrogen-bond donors (Lipinski definition) is 1. The van der Waals surface area contributed by atoms with Crippen molar-refractivity contribution in [2.45, 2.75) is 91.6 Å². The number of ether oxygens (including phenoxy) is 1. The molecule has 0 spiro atoms. The van der Waals surface area contributed by atoms with Gasteiger partial charge < -0.3 is 14.7 Å². The Morgan fingerprint density at radius 1 is 1.13 bits per heavy atom. The normalized spacial score (nSPS) is 18.7. The van der Waals surface area contributed by atoms with Gasteiger partial charge in [0.25, 0.3) is 0 Å². The summed E-state index contributed by atoms with van der Waals surface area (Å²) in [5.74, 6) is 0.172. The number of nitrogens with zero attached hydrogens (tertiary/aromatic N) is 1. The lowest BCUT2D eigenvalue weighted by atomic mass is 9.84. The third-order valence-corrected chi connectivity index (χ3v) is 9.23. The predicted octanol–water partition coefficient (Wildman–Crippen LogP) is 3.91. The molecule has 1 atom stereocenters. The number of carbonyl (C=O) groups is 2. The van der Waals surface area contributed by atoms with Gasteiger partial charge in [0.05, 0.1) is 21.1 Å². The summed E-state index contributed by atoms with van der Waals surface area (Å²) in [6.45, 7) is 14.3. The van der Waals surface area contributed by atoms with Crippen LogP contribution >= 0.6 is 0 Å². The van der Waals surface area contributed by atoms with Crippen molar-refractivity contribution in [3.8, 4) is 0 Å². The summed E-state index contributed by atoms with van der Waals surface area (Å²) in [6.07, 6.45) is 5.35. The van der Waals surface area contributed by atoms with E-state index in [4.69, 9.17) is 4.74 Å². The number of amides is 1. The molecular formula is C25H39NO4Si. The highest BCUT2D eigenvalue weighted by Gasteiger charge is 2.37. The van der Waals surface area contributed by atoms with E-state index in [9.17, 15) is 14.7 Å². The fourth-order valence-corrected chi connectivity index (χ4v) is 8.05. The molecule has 31 heavy (non-hydrogen) atoms. The summed E-state index contributed by atoms with van der Waals surface area (Å²) in [5, 5.41) is 12.1. The van der Waals surface area contributed by atoms with Crippen molar-refractivity contribution < 1.29 is 19.4 Å². The van der Waals surface area contributed by atoms with Crippen LogP contribution in [0.5, 0.6) is 0 Å². The third kappa shape index (κ3) is 4.90. The molecule has 1 amide bonds. The lowest BCUT2D eigenvalue weighted by molar-refractivity contribution is -0.153. The SMILES string of the molecule is CCOC(=O)[C@@H](O)c1c(C)c2c(c(C)c1[Si](C)(C)C)CN(CC1CCCCC1)C(=O)C2. The second kappa shape index (κ2) is 9.45. The van der Waals surface area contributed by atoms with Crippen molar-refractivity contribution in [2.24, 2.45) is 5.92 Å². The molecule has 1 aliphatic carbocycles. The Bertz CT molecular complexity index is 852. The maximum Gasteiger partial charge on any atom is 0.339 e. The minimum absolute atomic E-state index is 0.165. The molecule has 1 aromatic rings. The largest absolute Gasteiger partial charge is 0.464 e. The van der Waals surface area contributed by atoms with E-state index < -0.39 is 20.1 Å². The molecule has 1 N–H and O–H groups in total. The Morgan fingerprint density at radius 2 is 1.77 bits per heavy atom. The van der Waals surface area contributed by atoms with E-state index >= 15 is 0 Å². The van der Waals surface area contributed by atoms with E-state index in [0.29, 0.717) is 24.4 Å². The fraction of sp³-hybridized carbons (Fsp3) is 0.680. The number of hydrogen-bond acceptors (Lipinski definition) is 4. The van der Waals surface area contributed by atoms with Crippen molar-refractivity contribution >= 4 is 25.1 Å². The summed E-state index contributed by atoms with van der Waals surface area (Å²) >= 11 is 0. The zero-order chi connectivity index (χ0) is 22.9. The zero-order valence-corrected chi connectivity index (χ0v) is 21.1. The summed E-state index contributed by atoms with van der Waals surface area (Å²) in [5.41, 5.74) is 4.96. The Balaban J connectivity index is 2.05. The van der Waals surface area contributed by atoms with Gasteiger partial charge in [-0.15, -0.1) is 0 Å². The van der Waals surface area contributed by atoms with Gasteiger partial charge in [0, 0.05) is 13.1 Å². The summed E-state index contributed by atoms with van der Waals surface area (Å²) in [7, 11) is -1.90. The van der Waals surface area contributed by atoms with Crippen molar-refractivity contribution in [3.05, 3.63) is 27.8 Å². The molecular weight excluding hydrogens is 406 g/mol. The fourth-order valence-electron chi connectivity index (χ4n) is 5.65. The number of carbonyl (C=O) groups excluding carboxylic acids is 2. The smallest absolute Gasteiger partial charge is 0.339 e. The van der Waals surface area contributed by atoms with Crippen LogP contribution in [0.4, 0.5) is 0 Å². The minimum atomic E-state index is -1.90. The highest BCUT2D eigenvalue weighted by atomic mass is 28.3. The summed E-state index contributed by atoms with van der Waals surface area (Å²) < 4.78 is 5.14. The number of esters is 1. The number of aliphatic hydroxyl groups is 1. The standard InChI is InChI=1S/C25H39NO4Si/c1-7-30-25(29)23(28)22-16(2)19-13-21(27)26(14-18-11-9-8-10-12-18)15-20(19)17(3)24(22)31(4,5)6/h18,23,28H,7-15H2,1-6H3/t23-/m0/s1. The first-order valence-electron chi connectivity index (χ1n) is 11.8. The Labute approximate surface area is 188 Å². The van der Waals surface area contributed by atoms with Crippen molar-refractivity contribution in [1.82, 2.24) is 4.90 Å². The first-order valence-corrected chi connectivity index (χ1v) is 15.3. The van der Waals surface area contributed by atoms with Crippen molar-refractivity contribution in [3.63, 3.8) is 0 Å². The van der Waals surface area contributed by atoms with Crippen molar-refractivity contribution in [1.29, 1.82) is 0 Å². The van der Waals surface area contributed by atoms with Crippen LogP contribution in [0.1, 0.15) is 72.9 Å². The van der Waals surface area contributed by atoms with Crippen LogP contribution in [0.2, 0.25) is 19.6 Å².